The minimum absolute atomic E-state index is 0.0212. The summed E-state index contributed by atoms with van der Waals surface area (Å²) < 4.78 is 48.1. The first kappa shape index (κ1) is 18.0. The Morgan fingerprint density at radius 3 is 2.25 bits per heavy atom. The van der Waals surface area contributed by atoms with Gasteiger partial charge < -0.3 is 4.74 Å². The van der Waals surface area contributed by atoms with Gasteiger partial charge in [0.25, 0.3) is 0 Å². The van der Waals surface area contributed by atoms with Crippen LogP contribution in [0.2, 0.25) is 0 Å². The molecular formula is C21H16F3N3O. The molecule has 2 aromatic heterocycles. The Kier molecular flexibility index (Phi) is 4.30. The van der Waals surface area contributed by atoms with E-state index in [0.29, 0.717) is 17.0 Å². The second-order valence-electron chi connectivity index (χ2n) is 6.33. The molecule has 142 valence electrons. The summed E-state index contributed by atoms with van der Waals surface area (Å²) in [7, 11) is 1.53. The Bertz CT molecular complexity index is 1130. The highest BCUT2D eigenvalue weighted by molar-refractivity contribution is 5.95. The van der Waals surface area contributed by atoms with Crippen LogP contribution in [0.5, 0.6) is 5.75 Å². The fourth-order valence-electron chi connectivity index (χ4n) is 3.16. The van der Waals surface area contributed by atoms with Crippen LogP contribution >= 0.6 is 0 Å². The molecule has 0 saturated carbocycles. The molecule has 7 heteroatoms. The van der Waals surface area contributed by atoms with Crippen LogP contribution in [0.25, 0.3) is 28.0 Å². The zero-order valence-electron chi connectivity index (χ0n) is 15.2. The highest BCUT2D eigenvalue weighted by Gasteiger charge is 2.36. The lowest BCUT2D eigenvalue weighted by Crippen LogP contribution is -2.08. The molecule has 0 amide bonds. The average molecular weight is 383 g/mol. The summed E-state index contributed by atoms with van der Waals surface area (Å²) >= 11 is 0. The Morgan fingerprint density at radius 2 is 1.64 bits per heavy atom. The molecule has 0 bridgehead atoms. The third kappa shape index (κ3) is 3.09. The van der Waals surface area contributed by atoms with Crippen molar-refractivity contribution in [1.82, 2.24) is 14.8 Å². The number of rotatable bonds is 3. The number of nitrogens with zero attached hydrogens (tertiary/aromatic N) is 3. The molecule has 0 atom stereocenters. The van der Waals surface area contributed by atoms with Gasteiger partial charge in [0.15, 0.2) is 5.65 Å². The summed E-state index contributed by atoms with van der Waals surface area (Å²) in [6.07, 6.45) is -4.53. The van der Waals surface area contributed by atoms with E-state index in [0.717, 1.165) is 6.07 Å². The van der Waals surface area contributed by atoms with E-state index in [1.54, 1.807) is 55.5 Å². The Morgan fingerprint density at radius 1 is 0.964 bits per heavy atom. The van der Waals surface area contributed by atoms with E-state index in [2.05, 4.69) is 10.1 Å². The fourth-order valence-corrected chi connectivity index (χ4v) is 3.16. The van der Waals surface area contributed by atoms with Gasteiger partial charge in [-0.2, -0.15) is 18.3 Å². The number of hydrogen-bond acceptors (Lipinski definition) is 3. The number of halogens is 3. The normalized spacial score (nSPS) is 11.8. The summed E-state index contributed by atoms with van der Waals surface area (Å²) in [5.41, 5.74) is 1.11. The third-order valence-corrected chi connectivity index (χ3v) is 4.44. The predicted molar refractivity (Wildman–Crippen MR) is 101 cm³/mol. The maximum atomic E-state index is 13.8. The van der Waals surface area contributed by atoms with Crippen LogP contribution in [-0.2, 0) is 6.18 Å². The van der Waals surface area contributed by atoms with Gasteiger partial charge >= 0.3 is 6.18 Å². The highest BCUT2D eigenvalue weighted by Crippen LogP contribution is 2.40. The average Bonchev–Trinajstić information content (AvgIpc) is 3.06. The van der Waals surface area contributed by atoms with Gasteiger partial charge in [-0.15, -0.1) is 0 Å². The molecule has 28 heavy (non-hydrogen) atoms. The van der Waals surface area contributed by atoms with Crippen molar-refractivity contribution in [3.05, 3.63) is 71.9 Å². The van der Waals surface area contributed by atoms with Gasteiger partial charge in [0.05, 0.1) is 23.7 Å². The lowest BCUT2D eigenvalue weighted by molar-refractivity contribution is -0.136. The van der Waals surface area contributed by atoms with Crippen molar-refractivity contribution in [3.8, 4) is 22.7 Å². The molecule has 2 heterocycles. The van der Waals surface area contributed by atoms with E-state index in [9.17, 15) is 13.2 Å². The number of hydrogen-bond donors (Lipinski definition) is 0. The number of alkyl halides is 3. The van der Waals surface area contributed by atoms with Crippen molar-refractivity contribution >= 4 is 11.0 Å². The summed E-state index contributed by atoms with van der Waals surface area (Å²) in [5.74, 6) is 0.612. The maximum absolute atomic E-state index is 13.8. The number of aryl methyl sites for hydroxylation is 1. The second-order valence-corrected chi connectivity index (χ2v) is 6.33. The zero-order chi connectivity index (χ0) is 19.9. The van der Waals surface area contributed by atoms with Crippen molar-refractivity contribution in [3.63, 3.8) is 0 Å². The smallest absolute Gasteiger partial charge is 0.417 e. The first-order valence-electron chi connectivity index (χ1n) is 8.56. The standard InChI is InChI=1S/C21H16F3N3O/c1-13-12-17(21(22,23)24)18-19(14-8-10-16(28-2)11-9-14)26-27(20(18)25-13)15-6-4-3-5-7-15/h3-12H,1-2H3. The number of fused-ring (bicyclic) bond motifs is 1. The van der Waals surface area contributed by atoms with E-state index in [1.165, 1.54) is 11.8 Å². The molecule has 0 N–H and O–H groups in total. The van der Waals surface area contributed by atoms with Crippen molar-refractivity contribution in [2.24, 2.45) is 0 Å². The number of methoxy groups -OCH3 is 1. The molecular weight excluding hydrogens is 367 g/mol. The summed E-state index contributed by atoms with van der Waals surface area (Å²) in [6, 6.07) is 16.8. The quantitative estimate of drug-likeness (QED) is 0.474. The SMILES string of the molecule is COc1ccc(-c2nn(-c3ccccc3)c3nc(C)cc(C(F)(F)F)c23)cc1. The molecule has 0 aliphatic carbocycles. The molecule has 4 aromatic rings. The van der Waals surface area contributed by atoms with E-state index in [4.69, 9.17) is 4.74 Å². The van der Waals surface area contributed by atoms with Crippen molar-refractivity contribution in [1.29, 1.82) is 0 Å². The monoisotopic (exact) mass is 383 g/mol. The number of para-hydroxylation sites is 1. The lowest BCUT2D eigenvalue weighted by atomic mass is 10.0. The topological polar surface area (TPSA) is 39.9 Å². The van der Waals surface area contributed by atoms with Crippen LogP contribution in [0.3, 0.4) is 0 Å². The molecule has 4 nitrogen and oxygen atoms in total. The van der Waals surface area contributed by atoms with Crippen LogP contribution < -0.4 is 4.74 Å². The number of aromatic nitrogens is 3. The Hall–Kier alpha value is -3.35. The summed E-state index contributed by atoms with van der Waals surface area (Å²) in [4.78, 5) is 4.38. The van der Waals surface area contributed by atoms with Crippen molar-refractivity contribution in [2.45, 2.75) is 13.1 Å². The molecule has 0 spiro atoms. The number of benzene rings is 2. The third-order valence-electron chi connectivity index (χ3n) is 4.44. The van der Waals surface area contributed by atoms with Gasteiger partial charge in [-0.1, -0.05) is 18.2 Å². The summed E-state index contributed by atoms with van der Waals surface area (Å²) in [5, 5.41) is 4.49. The van der Waals surface area contributed by atoms with E-state index in [1.807, 2.05) is 6.07 Å². The maximum Gasteiger partial charge on any atom is 0.417 e. The number of pyridine rings is 1. The Labute approximate surface area is 159 Å². The van der Waals surface area contributed by atoms with Crippen molar-refractivity contribution in [2.75, 3.05) is 7.11 Å². The van der Waals surface area contributed by atoms with Gasteiger partial charge in [0.1, 0.15) is 11.4 Å². The highest BCUT2D eigenvalue weighted by atomic mass is 19.4. The first-order valence-corrected chi connectivity index (χ1v) is 8.56. The van der Waals surface area contributed by atoms with Crippen LogP contribution in [0.1, 0.15) is 11.3 Å². The van der Waals surface area contributed by atoms with E-state index >= 15 is 0 Å². The van der Waals surface area contributed by atoms with E-state index < -0.39 is 11.7 Å². The Balaban J connectivity index is 2.08. The number of ether oxygens (including phenoxy) is 1. The van der Waals surface area contributed by atoms with Crippen molar-refractivity contribution < 1.29 is 17.9 Å². The van der Waals surface area contributed by atoms with Crippen LogP contribution in [0, 0.1) is 6.92 Å². The molecule has 0 aliphatic rings. The second kappa shape index (κ2) is 6.67. The van der Waals surface area contributed by atoms with Gasteiger partial charge in [-0.3, -0.25) is 0 Å². The first-order chi connectivity index (χ1) is 13.4. The summed E-state index contributed by atoms with van der Waals surface area (Å²) in [6.45, 7) is 1.55. The van der Waals surface area contributed by atoms with Crippen LogP contribution in [0.15, 0.2) is 60.7 Å². The fraction of sp³-hybridized carbons (Fsp3) is 0.143. The predicted octanol–water partition coefficient (Wildman–Crippen LogP) is 5.42. The minimum atomic E-state index is -4.53. The van der Waals surface area contributed by atoms with E-state index in [-0.39, 0.29) is 22.4 Å². The molecule has 4 rings (SSSR count). The van der Waals surface area contributed by atoms with Gasteiger partial charge in [0.2, 0.25) is 0 Å². The van der Waals surface area contributed by atoms with Gasteiger partial charge in [0, 0.05) is 11.3 Å². The van der Waals surface area contributed by atoms with Gasteiger partial charge in [-0.05, 0) is 49.4 Å². The van der Waals surface area contributed by atoms with Gasteiger partial charge in [-0.25, -0.2) is 9.67 Å². The zero-order valence-corrected chi connectivity index (χ0v) is 15.2. The minimum Gasteiger partial charge on any atom is -0.497 e. The molecule has 0 aliphatic heterocycles. The largest absolute Gasteiger partial charge is 0.497 e. The molecule has 0 unspecified atom stereocenters. The lowest BCUT2D eigenvalue weighted by Gasteiger charge is -2.10. The molecule has 0 radical (unpaired) electrons. The van der Waals surface area contributed by atoms with Crippen LogP contribution in [0.4, 0.5) is 13.2 Å². The molecule has 0 saturated heterocycles. The molecule has 2 aromatic carbocycles. The van der Waals surface area contributed by atoms with Crippen LogP contribution in [-0.4, -0.2) is 21.9 Å². The molecule has 0 fully saturated rings.